The highest BCUT2D eigenvalue weighted by Gasteiger charge is 2.22. The zero-order valence-corrected chi connectivity index (χ0v) is 14.0. The standard InChI is InChI=1S/C16H23ClN4/c1-10(2)15-14(18)16(21(5)19-15)20(4)11(3)12-7-6-8-13(17)9-12/h6-11H,18H2,1-5H3. The summed E-state index contributed by atoms with van der Waals surface area (Å²) >= 11 is 6.09. The van der Waals surface area contributed by atoms with Gasteiger partial charge in [0.05, 0.1) is 17.4 Å². The minimum atomic E-state index is 0.154. The molecule has 1 unspecified atom stereocenters. The molecular formula is C16H23ClN4. The summed E-state index contributed by atoms with van der Waals surface area (Å²) in [4.78, 5) is 2.14. The summed E-state index contributed by atoms with van der Waals surface area (Å²) in [5.41, 5.74) is 9.15. The lowest BCUT2D eigenvalue weighted by Crippen LogP contribution is -2.24. The minimum Gasteiger partial charge on any atom is -0.394 e. The van der Waals surface area contributed by atoms with Crippen LogP contribution in [0.5, 0.6) is 0 Å². The molecule has 21 heavy (non-hydrogen) atoms. The Balaban J connectivity index is 2.38. The summed E-state index contributed by atoms with van der Waals surface area (Å²) < 4.78 is 1.85. The average Bonchev–Trinajstić information content (AvgIpc) is 2.72. The number of halogens is 1. The quantitative estimate of drug-likeness (QED) is 0.929. The molecule has 0 saturated heterocycles. The van der Waals surface area contributed by atoms with Gasteiger partial charge < -0.3 is 10.6 Å². The molecule has 0 amide bonds. The van der Waals surface area contributed by atoms with Crippen LogP contribution < -0.4 is 10.6 Å². The van der Waals surface area contributed by atoms with E-state index in [0.717, 1.165) is 27.8 Å². The monoisotopic (exact) mass is 306 g/mol. The molecule has 0 fully saturated rings. The molecule has 2 aromatic rings. The van der Waals surface area contributed by atoms with Gasteiger partial charge in [-0.25, -0.2) is 0 Å². The van der Waals surface area contributed by atoms with Crippen LogP contribution in [0.2, 0.25) is 5.02 Å². The molecule has 0 aliphatic heterocycles. The van der Waals surface area contributed by atoms with Crippen molar-refractivity contribution >= 4 is 23.1 Å². The van der Waals surface area contributed by atoms with E-state index in [1.807, 2.05) is 37.0 Å². The fourth-order valence-electron chi connectivity index (χ4n) is 2.57. The van der Waals surface area contributed by atoms with Crippen molar-refractivity contribution in [1.82, 2.24) is 9.78 Å². The molecule has 1 heterocycles. The second-order valence-electron chi connectivity index (χ2n) is 5.74. The Morgan fingerprint density at radius 3 is 2.48 bits per heavy atom. The molecule has 0 bridgehead atoms. The van der Waals surface area contributed by atoms with Gasteiger partial charge >= 0.3 is 0 Å². The Kier molecular flexibility index (Phi) is 4.47. The zero-order valence-electron chi connectivity index (χ0n) is 13.3. The van der Waals surface area contributed by atoms with E-state index in [1.165, 1.54) is 0 Å². The summed E-state index contributed by atoms with van der Waals surface area (Å²) in [6.45, 7) is 6.33. The number of rotatable bonds is 4. The average molecular weight is 307 g/mol. The molecule has 114 valence electrons. The van der Waals surface area contributed by atoms with E-state index in [0.29, 0.717) is 5.92 Å². The highest BCUT2D eigenvalue weighted by atomic mass is 35.5. The highest BCUT2D eigenvalue weighted by molar-refractivity contribution is 6.30. The number of nitrogens with two attached hydrogens (primary N) is 1. The topological polar surface area (TPSA) is 47.1 Å². The van der Waals surface area contributed by atoms with Crippen LogP contribution in [-0.2, 0) is 7.05 Å². The van der Waals surface area contributed by atoms with Crippen LogP contribution in [-0.4, -0.2) is 16.8 Å². The Labute approximate surface area is 131 Å². The molecule has 1 atom stereocenters. The van der Waals surface area contributed by atoms with Crippen molar-refractivity contribution in [2.24, 2.45) is 7.05 Å². The van der Waals surface area contributed by atoms with E-state index in [4.69, 9.17) is 17.3 Å². The first-order valence-electron chi connectivity index (χ1n) is 7.13. The van der Waals surface area contributed by atoms with Crippen molar-refractivity contribution < 1.29 is 0 Å². The van der Waals surface area contributed by atoms with E-state index in [-0.39, 0.29) is 6.04 Å². The minimum absolute atomic E-state index is 0.154. The Bertz CT molecular complexity index is 633. The van der Waals surface area contributed by atoms with Gasteiger partial charge in [0, 0.05) is 19.1 Å². The summed E-state index contributed by atoms with van der Waals surface area (Å²) in [5.74, 6) is 1.24. The van der Waals surface area contributed by atoms with Crippen LogP contribution in [0, 0.1) is 0 Å². The molecule has 1 aromatic heterocycles. The summed E-state index contributed by atoms with van der Waals surface area (Å²) in [6.07, 6.45) is 0. The number of benzene rings is 1. The summed E-state index contributed by atoms with van der Waals surface area (Å²) in [7, 11) is 3.96. The maximum Gasteiger partial charge on any atom is 0.150 e. The number of aromatic nitrogens is 2. The summed E-state index contributed by atoms with van der Waals surface area (Å²) in [5, 5.41) is 5.29. The third-order valence-corrected chi connectivity index (χ3v) is 4.11. The number of nitrogen functional groups attached to an aromatic ring is 1. The molecule has 1 aromatic carbocycles. The van der Waals surface area contributed by atoms with Gasteiger partial charge in [0.2, 0.25) is 0 Å². The first kappa shape index (κ1) is 15.7. The van der Waals surface area contributed by atoms with Gasteiger partial charge in [-0.15, -0.1) is 0 Å². The normalized spacial score (nSPS) is 12.7. The first-order valence-corrected chi connectivity index (χ1v) is 7.51. The predicted molar refractivity (Wildman–Crippen MR) is 90.0 cm³/mol. The highest BCUT2D eigenvalue weighted by Crippen LogP contribution is 2.34. The van der Waals surface area contributed by atoms with Crippen LogP contribution in [0.25, 0.3) is 0 Å². The van der Waals surface area contributed by atoms with Gasteiger partial charge in [0.25, 0.3) is 0 Å². The second-order valence-corrected chi connectivity index (χ2v) is 6.18. The van der Waals surface area contributed by atoms with Crippen molar-refractivity contribution in [3.05, 3.63) is 40.5 Å². The van der Waals surface area contributed by atoms with Crippen molar-refractivity contribution in [1.29, 1.82) is 0 Å². The maximum atomic E-state index is 6.30. The van der Waals surface area contributed by atoms with Gasteiger partial charge in [0.1, 0.15) is 0 Å². The largest absolute Gasteiger partial charge is 0.394 e. The lowest BCUT2D eigenvalue weighted by molar-refractivity contribution is 0.664. The summed E-state index contributed by atoms with van der Waals surface area (Å²) in [6, 6.07) is 8.06. The van der Waals surface area contributed by atoms with Gasteiger partial charge in [-0.3, -0.25) is 4.68 Å². The fourth-order valence-corrected chi connectivity index (χ4v) is 2.77. The second kappa shape index (κ2) is 5.98. The molecule has 0 radical (unpaired) electrons. The van der Waals surface area contributed by atoms with E-state index >= 15 is 0 Å². The number of hydrogen-bond donors (Lipinski definition) is 1. The zero-order chi connectivity index (χ0) is 15.7. The molecule has 2 rings (SSSR count). The van der Waals surface area contributed by atoms with Crippen LogP contribution in [0.1, 0.15) is 44.0 Å². The van der Waals surface area contributed by atoms with Crippen LogP contribution in [0.3, 0.4) is 0 Å². The van der Waals surface area contributed by atoms with Crippen molar-refractivity contribution in [2.75, 3.05) is 17.7 Å². The molecule has 0 aliphatic rings. The predicted octanol–water partition coefficient (Wildman–Crippen LogP) is 3.98. The Hall–Kier alpha value is -1.68. The Morgan fingerprint density at radius 2 is 1.95 bits per heavy atom. The van der Waals surface area contributed by atoms with Gasteiger partial charge in [-0.2, -0.15) is 5.10 Å². The van der Waals surface area contributed by atoms with Crippen molar-refractivity contribution in [2.45, 2.75) is 32.7 Å². The first-order chi connectivity index (χ1) is 9.82. The molecule has 0 aliphatic carbocycles. The number of aryl methyl sites for hydroxylation is 1. The lowest BCUT2D eigenvalue weighted by Gasteiger charge is -2.27. The van der Waals surface area contributed by atoms with E-state index in [9.17, 15) is 0 Å². The molecule has 0 saturated carbocycles. The Morgan fingerprint density at radius 1 is 1.29 bits per heavy atom. The maximum absolute atomic E-state index is 6.30. The number of nitrogens with zero attached hydrogens (tertiary/aromatic N) is 3. The van der Waals surface area contributed by atoms with Crippen LogP contribution in [0.4, 0.5) is 11.5 Å². The van der Waals surface area contributed by atoms with Gasteiger partial charge in [0.15, 0.2) is 5.82 Å². The number of anilines is 2. The third kappa shape index (κ3) is 3.00. The smallest absolute Gasteiger partial charge is 0.150 e. The fraction of sp³-hybridized carbons (Fsp3) is 0.438. The molecule has 0 spiro atoms. The molecule has 2 N–H and O–H groups in total. The van der Waals surface area contributed by atoms with E-state index in [1.54, 1.807) is 0 Å². The SMILES string of the molecule is CC(C)c1nn(C)c(N(C)C(C)c2cccc(Cl)c2)c1N. The van der Waals surface area contributed by atoms with E-state index < -0.39 is 0 Å². The van der Waals surface area contributed by atoms with Crippen LogP contribution >= 0.6 is 11.6 Å². The van der Waals surface area contributed by atoms with Gasteiger partial charge in [-0.1, -0.05) is 37.6 Å². The number of hydrogen-bond acceptors (Lipinski definition) is 3. The third-order valence-electron chi connectivity index (χ3n) is 3.87. The van der Waals surface area contributed by atoms with Gasteiger partial charge in [-0.05, 0) is 30.5 Å². The molecule has 4 nitrogen and oxygen atoms in total. The van der Waals surface area contributed by atoms with Crippen molar-refractivity contribution in [3.8, 4) is 0 Å². The van der Waals surface area contributed by atoms with Crippen molar-refractivity contribution in [3.63, 3.8) is 0 Å². The van der Waals surface area contributed by atoms with E-state index in [2.05, 4.69) is 36.8 Å². The molecule has 5 heteroatoms. The van der Waals surface area contributed by atoms with Crippen LogP contribution in [0.15, 0.2) is 24.3 Å². The lowest BCUT2D eigenvalue weighted by atomic mass is 10.1. The molecular weight excluding hydrogens is 284 g/mol.